The summed E-state index contributed by atoms with van der Waals surface area (Å²) < 4.78 is 20.0. The summed E-state index contributed by atoms with van der Waals surface area (Å²) in [6, 6.07) is 14.7. The maximum atomic E-state index is 13.6. The summed E-state index contributed by atoms with van der Waals surface area (Å²) >= 11 is 0. The van der Waals surface area contributed by atoms with E-state index in [1.54, 1.807) is 61.7 Å². The van der Waals surface area contributed by atoms with Gasteiger partial charge in [-0.3, -0.25) is 4.79 Å². The Morgan fingerprint density at radius 3 is 2.79 bits per heavy atom. The lowest BCUT2D eigenvalue weighted by Gasteiger charge is -2.06. The average Bonchev–Trinajstić information content (AvgIpc) is 3.18. The Morgan fingerprint density at radius 1 is 1.18 bits per heavy atom. The van der Waals surface area contributed by atoms with Crippen molar-refractivity contribution < 1.29 is 18.7 Å². The lowest BCUT2D eigenvalue weighted by atomic mass is 10.2. The van der Waals surface area contributed by atoms with Gasteiger partial charge in [0.2, 0.25) is 5.91 Å². The third-order valence-electron chi connectivity index (χ3n) is 3.77. The van der Waals surface area contributed by atoms with Crippen LogP contribution in [0, 0.1) is 5.82 Å². The lowest BCUT2D eigenvalue weighted by Crippen LogP contribution is -2.09. The van der Waals surface area contributed by atoms with Crippen molar-refractivity contribution in [3.63, 3.8) is 0 Å². The normalized spacial score (nSPS) is 10.8. The first-order valence-electron chi connectivity index (χ1n) is 8.63. The van der Waals surface area contributed by atoms with E-state index in [1.807, 2.05) is 0 Å². The number of hydrogen-bond acceptors (Lipinski definition) is 4. The number of anilines is 1. The highest BCUT2D eigenvalue weighted by Gasteiger charge is 2.11. The second kappa shape index (κ2) is 8.77. The third kappa shape index (κ3) is 4.70. The number of amides is 1. The molecule has 0 aliphatic heterocycles. The number of benzene rings is 2. The van der Waals surface area contributed by atoms with Crippen LogP contribution in [0.4, 0.5) is 10.1 Å². The fraction of sp³-hybridized carbons (Fsp3) is 0.0952. The van der Waals surface area contributed by atoms with Crippen LogP contribution in [0.25, 0.3) is 11.8 Å². The Balaban J connectivity index is 1.70. The summed E-state index contributed by atoms with van der Waals surface area (Å²) in [5, 5.41) is 6.89. The molecule has 3 rings (SSSR count). The monoisotopic (exact) mass is 379 g/mol. The number of nitrogens with zero attached hydrogens (tertiary/aromatic N) is 2. The predicted molar refractivity (Wildman–Crippen MR) is 104 cm³/mol. The van der Waals surface area contributed by atoms with Crippen molar-refractivity contribution in [2.45, 2.75) is 6.92 Å². The molecule has 0 saturated heterocycles. The fourth-order valence-electron chi connectivity index (χ4n) is 2.47. The minimum Gasteiger partial charge on any atom is -0.461 e. The van der Waals surface area contributed by atoms with E-state index in [9.17, 15) is 14.0 Å². The highest BCUT2D eigenvalue weighted by molar-refractivity contribution is 6.02. The summed E-state index contributed by atoms with van der Waals surface area (Å²) in [4.78, 5) is 23.8. The summed E-state index contributed by atoms with van der Waals surface area (Å²) in [6.45, 7) is 2.00. The zero-order valence-corrected chi connectivity index (χ0v) is 15.1. The highest BCUT2D eigenvalue weighted by atomic mass is 19.1. The predicted octanol–water partition coefficient (Wildman–Crippen LogP) is 3.84. The van der Waals surface area contributed by atoms with E-state index in [-0.39, 0.29) is 12.3 Å². The molecule has 28 heavy (non-hydrogen) atoms. The molecule has 0 unspecified atom stereocenters. The zero-order chi connectivity index (χ0) is 19.9. The molecule has 142 valence electrons. The van der Waals surface area contributed by atoms with Gasteiger partial charge in [-0.25, -0.2) is 13.9 Å². The molecule has 0 aliphatic rings. The molecule has 7 heteroatoms. The number of carbonyl (C=O) groups is 2. The van der Waals surface area contributed by atoms with E-state index in [2.05, 4.69) is 10.4 Å². The van der Waals surface area contributed by atoms with Crippen molar-refractivity contribution in [3.8, 4) is 5.69 Å². The molecule has 0 saturated carbocycles. The summed E-state index contributed by atoms with van der Waals surface area (Å²) in [5.41, 5.74) is 1.72. The number of halogens is 1. The van der Waals surface area contributed by atoms with Crippen molar-refractivity contribution >= 4 is 23.6 Å². The van der Waals surface area contributed by atoms with Crippen LogP contribution in [0.5, 0.6) is 0 Å². The number of ether oxygens (including phenoxy) is 1. The molecule has 0 bridgehead atoms. The lowest BCUT2D eigenvalue weighted by molar-refractivity contribution is -0.111. The van der Waals surface area contributed by atoms with Crippen molar-refractivity contribution in [1.29, 1.82) is 0 Å². The van der Waals surface area contributed by atoms with E-state index in [4.69, 9.17) is 4.74 Å². The van der Waals surface area contributed by atoms with Gasteiger partial charge in [0.05, 0.1) is 12.3 Å². The second-order valence-electron chi connectivity index (χ2n) is 5.76. The van der Waals surface area contributed by atoms with E-state index in [1.165, 1.54) is 22.9 Å². The summed E-state index contributed by atoms with van der Waals surface area (Å²) in [5.74, 6) is -1.29. The minimum absolute atomic E-state index is 0.198. The maximum absolute atomic E-state index is 13.6. The van der Waals surface area contributed by atoms with Crippen LogP contribution in [-0.4, -0.2) is 28.3 Å². The topological polar surface area (TPSA) is 73.2 Å². The van der Waals surface area contributed by atoms with Crippen LogP contribution in [0.2, 0.25) is 0 Å². The average molecular weight is 379 g/mol. The van der Waals surface area contributed by atoms with Gasteiger partial charge in [0.25, 0.3) is 0 Å². The Labute approximate surface area is 161 Å². The van der Waals surface area contributed by atoms with Crippen molar-refractivity contribution in [2.24, 2.45) is 0 Å². The van der Waals surface area contributed by atoms with Crippen LogP contribution < -0.4 is 5.32 Å². The van der Waals surface area contributed by atoms with Gasteiger partial charge < -0.3 is 10.1 Å². The largest absolute Gasteiger partial charge is 0.461 e. The number of carbonyl (C=O) groups excluding carboxylic acids is 2. The zero-order valence-electron chi connectivity index (χ0n) is 15.1. The van der Waals surface area contributed by atoms with Crippen LogP contribution in [0.1, 0.15) is 23.0 Å². The number of esters is 1. The molecule has 1 heterocycles. The maximum Gasteiger partial charge on any atom is 0.358 e. The standard InChI is InChI=1S/C21H18FN3O3/c1-2-28-21(27)19-12-13-25(24-19)17-8-5-7-16(14-17)23-20(26)11-10-15-6-3-4-9-18(15)22/h3-14H,2H2,1H3,(H,23,26)/b11-10+. The molecule has 6 nitrogen and oxygen atoms in total. The molecule has 0 aliphatic carbocycles. The molecule has 1 N–H and O–H groups in total. The van der Waals surface area contributed by atoms with Gasteiger partial charge in [-0.15, -0.1) is 0 Å². The molecule has 2 aromatic carbocycles. The highest BCUT2D eigenvalue weighted by Crippen LogP contribution is 2.15. The molecule has 0 fully saturated rings. The van der Waals surface area contributed by atoms with Crippen molar-refractivity contribution in [1.82, 2.24) is 9.78 Å². The second-order valence-corrected chi connectivity index (χ2v) is 5.76. The van der Waals surface area contributed by atoms with Gasteiger partial charge >= 0.3 is 5.97 Å². The van der Waals surface area contributed by atoms with Gasteiger partial charge in [-0.05, 0) is 43.3 Å². The number of aromatic nitrogens is 2. The molecule has 3 aromatic rings. The molecule has 1 aromatic heterocycles. The van der Waals surface area contributed by atoms with Gasteiger partial charge in [-0.1, -0.05) is 24.3 Å². The van der Waals surface area contributed by atoms with Crippen molar-refractivity contribution in [2.75, 3.05) is 11.9 Å². The Morgan fingerprint density at radius 2 is 2.00 bits per heavy atom. The molecule has 0 atom stereocenters. The van der Waals surface area contributed by atoms with Gasteiger partial charge in [0, 0.05) is 23.5 Å². The summed E-state index contributed by atoms with van der Waals surface area (Å²) in [6.07, 6.45) is 4.30. The van der Waals surface area contributed by atoms with E-state index < -0.39 is 17.7 Å². The smallest absolute Gasteiger partial charge is 0.358 e. The molecule has 0 spiro atoms. The Bertz CT molecular complexity index is 1030. The van der Waals surface area contributed by atoms with Gasteiger partial charge in [-0.2, -0.15) is 5.10 Å². The van der Waals surface area contributed by atoms with Crippen LogP contribution in [-0.2, 0) is 9.53 Å². The first-order chi connectivity index (χ1) is 13.6. The van der Waals surface area contributed by atoms with Crippen LogP contribution in [0.15, 0.2) is 66.9 Å². The molecule has 1 amide bonds. The minimum atomic E-state index is -0.496. The van der Waals surface area contributed by atoms with Gasteiger partial charge in [0.15, 0.2) is 5.69 Å². The quantitative estimate of drug-likeness (QED) is 0.522. The van der Waals surface area contributed by atoms with Crippen molar-refractivity contribution in [3.05, 3.63) is 83.9 Å². The first-order valence-corrected chi connectivity index (χ1v) is 8.63. The SMILES string of the molecule is CCOC(=O)c1ccn(-c2cccc(NC(=O)/C=C/c3ccccc3F)c2)n1. The summed E-state index contributed by atoms with van der Waals surface area (Å²) in [7, 11) is 0. The number of rotatable bonds is 6. The molecular formula is C21H18FN3O3. The number of nitrogens with one attached hydrogen (secondary N) is 1. The third-order valence-corrected chi connectivity index (χ3v) is 3.77. The first kappa shape index (κ1) is 19.0. The van der Waals surface area contributed by atoms with Gasteiger partial charge in [0.1, 0.15) is 5.82 Å². The van der Waals surface area contributed by atoms with E-state index in [0.29, 0.717) is 16.9 Å². The Kier molecular flexibility index (Phi) is 5.96. The fourth-order valence-corrected chi connectivity index (χ4v) is 2.47. The Hall–Kier alpha value is -3.74. The molecule has 0 radical (unpaired) electrons. The van der Waals surface area contributed by atoms with Crippen LogP contribution in [0.3, 0.4) is 0 Å². The van der Waals surface area contributed by atoms with E-state index in [0.717, 1.165) is 0 Å². The number of hydrogen-bond donors (Lipinski definition) is 1. The molecular weight excluding hydrogens is 361 g/mol. The van der Waals surface area contributed by atoms with Crippen LogP contribution >= 0.6 is 0 Å². The van der Waals surface area contributed by atoms with E-state index >= 15 is 0 Å².